The molecular weight excluding hydrogens is 268 g/mol. The summed E-state index contributed by atoms with van der Waals surface area (Å²) < 4.78 is 11.2. The molecule has 1 unspecified atom stereocenters. The zero-order chi connectivity index (χ0) is 14.0. The van der Waals surface area contributed by atoms with E-state index in [1.807, 2.05) is 0 Å². The molecule has 2 fully saturated rings. The molecule has 108 valence electrons. The first-order valence-electron chi connectivity index (χ1n) is 6.59. The van der Waals surface area contributed by atoms with Gasteiger partial charge in [-0.1, -0.05) is 0 Å². The molecule has 1 saturated heterocycles. The predicted octanol–water partition coefficient (Wildman–Crippen LogP) is 0.450. The monoisotopic (exact) mass is 288 g/mol. The first-order valence-corrected chi connectivity index (χ1v) is 8.07. The quantitative estimate of drug-likeness (QED) is 0.700. The van der Waals surface area contributed by atoms with Crippen LogP contribution in [0.5, 0.6) is 0 Å². The van der Waals surface area contributed by atoms with E-state index in [1.54, 1.807) is 6.92 Å². The van der Waals surface area contributed by atoms with Gasteiger partial charge in [-0.3, -0.25) is 4.21 Å². The van der Waals surface area contributed by atoms with Crippen LogP contribution in [0.15, 0.2) is 0 Å². The third-order valence-corrected chi connectivity index (χ3v) is 5.32. The van der Waals surface area contributed by atoms with Crippen LogP contribution >= 0.6 is 0 Å². The van der Waals surface area contributed by atoms with E-state index in [9.17, 15) is 18.9 Å². The first-order chi connectivity index (χ1) is 8.91. The summed E-state index contributed by atoms with van der Waals surface area (Å²) in [6, 6.07) is -0.440. The van der Waals surface area contributed by atoms with Crippen LogP contribution in [0.25, 0.3) is 0 Å². The molecule has 2 rings (SSSR count). The lowest BCUT2D eigenvalue weighted by Crippen LogP contribution is -2.58. The summed E-state index contributed by atoms with van der Waals surface area (Å²) in [5.41, 5.74) is -1.18. The van der Waals surface area contributed by atoms with Crippen LogP contribution in [0.1, 0.15) is 32.6 Å². The van der Waals surface area contributed by atoms with Gasteiger partial charge in [-0.2, -0.15) is 0 Å². The molecule has 1 atom stereocenters. The fourth-order valence-electron chi connectivity index (χ4n) is 2.39. The van der Waals surface area contributed by atoms with Crippen molar-refractivity contribution in [3.05, 3.63) is 0 Å². The Morgan fingerprint density at radius 2 is 1.79 bits per heavy atom. The fraction of sp³-hybridized carbons (Fsp3) is 0.833. The number of aliphatic carboxylic acids is 1. The summed E-state index contributed by atoms with van der Waals surface area (Å²) in [6.45, 7) is 1.56. The van der Waals surface area contributed by atoms with Gasteiger partial charge in [-0.15, -0.1) is 0 Å². The zero-order valence-electron chi connectivity index (χ0n) is 11.0. The molecule has 1 aliphatic heterocycles. The molecule has 1 saturated carbocycles. The van der Waals surface area contributed by atoms with Crippen molar-refractivity contribution in [2.45, 2.75) is 44.2 Å². The molecule has 0 radical (unpaired) electrons. The lowest BCUT2D eigenvalue weighted by molar-refractivity contribution is -0.144. The van der Waals surface area contributed by atoms with Crippen molar-refractivity contribution in [1.29, 1.82) is 0 Å². The minimum atomic E-state index is -1.18. The highest BCUT2D eigenvalue weighted by atomic mass is 32.2. The van der Waals surface area contributed by atoms with Gasteiger partial charge in [0.2, 0.25) is 0 Å². The third kappa shape index (κ3) is 3.46. The Hall–Kier alpha value is -1.11. The Balaban J connectivity index is 1.86. The highest BCUT2D eigenvalue weighted by Gasteiger charge is 2.48. The van der Waals surface area contributed by atoms with Crippen LogP contribution in [0.4, 0.5) is 4.79 Å². The summed E-state index contributed by atoms with van der Waals surface area (Å²) in [7, 11) is -0.765. The maximum atomic E-state index is 11.9. The molecule has 1 heterocycles. The van der Waals surface area contributed by atoms with Crippen LogP contribution in [0, 0.1) is 5.92 Å². The minimum Gasteiger partial charge on any atom is -0.480 e. The Morgan fingerprint density at radius 1 is 1.21 bits per heavy atom. The molecule has 0 bridgehead atoms. The molecule has 6 nitrogen and oxygen atoms in total. The summed E-state index contributed by atoms with van der Waals surface area (Å²) in [5, 5.41) is 14.6. The Bertz CT molecular complexity index is 401. The highest BCUT2D eigenvalue weighted by Crippen LogP contribution is 2.39. The molecule has 0 spiro atoms. The Kier molecular flexibility index (Phi) is 4.13. The number of hydrogen-bond donors (Lipinski definition) is 3. The molecule has 2 aliphatic rings. The van der Waals surface area contributed by atoms with E-state index in [4.69, 9.17) is 0 Å². The van der Waals surface area contributed by atoms with Crippen LogP contribution in [-0.2, 0) is 15.6 Å². The van der Waals surface area contributed by atoms with Gasteiger partial charge < -0.3 is 15.7 Å². The molecule has 0 aromatic rings. The van der Waals surface area contributed by atoms with E-state index in [2.05, 4.69) is 10.6 Å². The van der Waals surface area contributed by atoms with Gasteiger partial charge in [0.05, 0.1) is 0 Å². The number of nitrogens with one attached hydrogen (secondary N) is 2. The number of carbonyl (C=O) groups is 2. The normalized spacial score (nSPS) is 30.2. The second kappa shape index (κ2) is 5.48. The van der Waals surface area contributed by atoms with Crippen molar-refractivity contribution in [1.82, 2.24) is 10.6 Å². The Morgan fingerprint density at radius 3 is 2.26 bits per heavy atom. The van der Waals surface area contributed by atoms with Gasteiger partial charge in [-0.05, 0) is 38.5 Å². The smallest absolute Gasteiger partial charge is 0.329 e. The van der Waals surface area contributed by atoms with Crippen LogP contribution in [0.3, 0.4) is 0 Å². The van der Waals surface area contributed by atoms with Crippen molar-refractivity contribution < 1.29 is 18.9 Å². The van der Waals surface area contributed by atoms with E-state index in [-0.39, 0.29) is 12.0 Å². The van der Waals surface area contributed by atoms with Crippen LogP contribution < -0.4 is 10.6 Å². The number of amides is 2. The molecular formula is C12H20N2O4S. The molecule has 3 N–H and O–H groups in total. The lowest BCUT2D eigenvalue weighted by Gasteiger charge is -2.29. The molecule has 2 amide bonds. The second-order valence-electron chi connectivity index (χ2n) is 5.50. The van der Waals surface area contributed by atoms with Crippen molar-refractivity contribution in [3.8, 4) is 0 Å². The van der Waals surface area contributed by atoms with Gasteiger partial charge in [0.1, 0.15) is 5.54 Å². The largest absolute Gasteiger partial charge is 0.480 e. The Labute approximate surface area is 114 Å². The minimum absolute atomic E-state index is 0.00468. The van der Waals surface area contributed by atoms with E-state index in [0.717, 1.165) is 12.8 Å². The van der Waals surface area contributed by atoms with Crippen molar-refractivity contribution in [2.24, 2.45) is 5.92 Å². The van der Waals surface area contributed by atoms with Gasteiger partial charge in [-0.25, -0.2) is 9.59 Å². The van der Waals surface area contributed by atoms with Gasteiger partial charge in [0.25, 0.3) is 0 Å². The van der Waals surface area contributed by atoms with E-state index in [1.165, 1.54) is 0 Å². The molecule has 19 heavy (non-hydrogen) atoms. The van der Waals surface area contributed by atoms with E-state index in [0.29, 0.717) is 24.3 Å². The van der Waals surface area contributed by atoms with Gasteiger partial charge >= 0.3 is 12.0 Å². The summed E-state index contributed by atoms with van der Waals surface area (Å²) >= 11 is 0. The van der Waals surface area contributed by atoms with E-state index >= 15 is 0 Å². The van der Waals surface area contributed by atoms with Crippen molar-refractivity contribution in [3.63, 3.8) is 0 Å². The van der Waals surface area contributed by atoms with Crippen LogP contribution in [-0.4, -0.2) is 44.4 Å². The molecule has 0 aromatic carbocycles. The zero-order valence-corrected chi connectivity index (χ0v) is 11.8. The van der Waals surface area contributed by atoms with Gasteiger partial charge in [0.15, 0.2) is 0 Å². The molecule has 0 aromatic heterocycles. The fourth-order valence-corrected chi connectivity index (χ4v) is 3.69. The van der Waals surface area contributed by atoms with Crippen LogP contribution in [0.2, 0.25) is 0 Å². The van der Waals surface area contributed by atoms with Crippen molar-refractivity contribution in [2.75, 3.05) is 11.5 Å². The SMILES string of the molecule is CC(NC(=O)NC1CCS(=O)CC1)(C(=O)O)C1CC1. The number of urea groups is 1. The number of carboxylic acid groups (broad SMARTS) is 1. The maximum absolute atomic E-state index is 11.9. The number of rotatable bonds is 4. The standard InChI is InChI=1S/C12H20N2O4S/c1-12(10(15)16,8-2-3-8)14-11(17)13-9-4-6-19(18)7-5-9/h8-9H,2-7H2,1H3,(H,15,16)(H2,13,14,17). The summed E-state index contributed by atoms with van der Waals surface area (Å²) in [4.78, 5) is 23.2. The first kappa shape index (κ1) is 14.3. The predicted molar refractivity (Wildman–Crippen MR) is 71.3 cm³/mol. The topological polar surface area (TPSA) is 95.5 Å². The highest BCUT2D eigenvalue weighted by molar-refractivity contribution is 7.85. The summed E-state index contributed by atoms with van der Waals surface area (Å²) in [5.74, 6) is 0.234. The van der Waals surface area contributed by atoms with Crippen molar-refractivity contribution >= 4 is 22.8 Å². The number of carbonyl (C=O) groups excluding carboxylic acids is 1. The summed E-state index contributed by atoms with van der Waals surface area (Å²) in [6.07, 6.45) is 3.05. The maximum Gasteiger partial charge on any atom is 0.329 e. The third-order valence-electron chi connectivity index (χ3n) is 3.93. The lowest BCUT2D eigenvalue weighted by atomic mass is 9.96. The second-order valence-corrected chi connectivity index (χ2v) is 7.20. The molecule has 1 aliphatic carbocycles. The number of hydrogen-bond acceptors (Lipinski definition) is 3. The average Bonchev–Trinajstić information content (AvgIpc) is 3.16. The average molecular weight is 288 g/mol. The van der Waals surface area contributed by atoms with Gasteiger partial charge in [0, 0.05) is 28.3 Å². The molecule has 7 heteroatoms. The number of carboxylic acids is 1. The van der Waals surface area contributed by atoms with E-state index < -0.39 is 28.3 Å².